The lowest BCUT2D eigenvalue weighted by atomic mass is 9.68. The first-order valence-corrected chi connectivity index (χ1v) is 30.8. The van der Waals surface area contributed by atoms with Gasteiger partial charge in [-0.3, -0.25) is 0 Å². The summed E-state index contributed by atoms with van der Waals surface area (Å²) in [6, 6.07) is 75.1. The molecular weight excluding hydrogens is 1030 g/mol. The number of hydrogen-bond donors (Lipinski definition) is 0. The molecule has 0 unspecified atom stereocenters. The zero-order chi connectivity index (χ0) is 58.4. The molecule has 0 spiro atoms. The Labute approximate surface area is 502 Å². The molecule has 10 aromatic carbocycles. The number of fused-ring (bicyclic) bond motifs is 6. The van der Waals surface area contributed by atoms with Gasteiger partial charge in [0.15, 0.2) is 0 Å². The van der Waals surface area contributed by atoms with Gasteiger partial charge in [-0.15, -0.1) is 0 Å². The van der Waals surface area contributed by atoms with E-state index >= 15 is 0 Å². The predicted octanol–water partition coefficient (Wildman–Crippen LogP) is 22.0. The fourth-order valence-corrected chi connectivity index (χ4v) is 16.3. The molecule has 0 amide bonds. The Bertz CT molecular complexity index is 4740. The van der Waals surface area contributed by atoms with Crippen LogP contribution in [0.3, 0.4) is 0 Å². The summed E-state index contributed by atoms with van der Waals surface area (Å²) in [7, 11) is 0. The fraction of sp³-hybridized carbons (Fsp3) is 0.220. The van der Waals surface area contributed by atoms with Gasteiger partial charge in [-0.05, 0) is 255 Å². The van der Waals surface area contributed by atoms with Crippen molar-refractivity contribution in [2.45, 2.75) is 118 Å². The Kier molecular flexibility index (Phi) is 10.8. The van der Waals surface area contributed by atoms with Gasteiger partial charge in [0.2, 0.25) is 0 Å². The van der Waals surface area contributed by atoms with Crippen molar-refractivity contribution < 1.29 is 0 Å². The van der Waals surface area contributed by atoms with Crippen molar-refractivity contribution in [1.29, 1.82) is 0 Å². The van der Waals surface area contributed by atoms with Crippen LogP contribution in [0.15, 0.2) is 211 Å². The van der Waals surface area contributed by atoms with Gasteiger partial charge in [0, 0.05) is 66.6 Å². The summed E-state index contributed by atoms with van der Waals surface area (Å²) in [4.78, 5) is 4.94. The smallest absolute Gasteiger partial charge is 0.0582 e. The normalized spacial score (nSPS) is 16.5. The SMILES string of the molecule is Cc1cccc(N(C2=CC3=C(CC2)c2ccc(-c4cc5c6c(c4)c4cc(-c7ccc8c(c7)C(C)(C)c7cc(N(c9cccc(C)c9)c9cccc(C)c9)ccc7-8)cc7c4n6-c4c(cccc4C7(C)C)C5(C)C)cc2C3(C)C)c2cccc(C)c2)c1. The lowest BCUT2D eigenvalue weighted by molar-refractivity contribution is 0.594. The lowest BCUT2D eigenvalue weighted by Gasteiger charge is -2.42. The first-order valence-electron chi connectivity index (χ1n) is 30.8. The van der Waals surface area contributed by atoms with E-state index in [1.54, 1.807) is 0 Å². The summed E-state index contributed by atoms with van der Waals surface area (Å²) in [6.45, 7) is 28.4. The molecule has 2 aliphatic heterocycles. The van der Waals surface area contributed by atoms with E-state index in [1.165, 1.54) is 173 Å². The summed E-state index contributed by atoms with van der Waals surface area (Å²) in [5.74, 6) is 0. The predicted molar refractivity (Wildman–Crippen MR) is 359 cm³/mol. The number of nitrogens with zero attached hydrogens (tertiary/aromatic N) is 3. The zero-order valence-electron chi connectivity index (χ0n) is 51.3. The van der Waals surface area contributed by atoms with Gasteiger partial charge in [-0.25, -0.2) is 0 Å². The van der Waals surface area contributed by atoms with Crippen molar-refractivity contribution in [2.24, 2.45) is 0 Å². The molecule has 3 aliphatic carbocycles. The molecule has 416 valence electrons. The second kappa shape index (κ2) is 17.8. The van der Waals surface area contributed by atoms with Gasteiger partial charge < -0.3 is 14.4 Å². The van der Waals surface area contributed by atoms with Crippen LogP contribution in [0.2, 0.25) is 0 Å². The monoisotopic (exact) mass is 1100 g/mol. The van der Waals surface area contributed by atoms with E-state index in [0.29, 0.717) is 0 Å². The third kappa shape index (κ3) is 7.38. The number of benzene rings is 10. The first-order chi connectivity index (χ1) is 40.8. The molecule has 0 saturated heterocycles. The van der Waals surface area contributed by atoms with Crippen LogP contribution in [0.5, 0.6) is 0 Å². The molecule has 0 N–H and O–H groups in total. The van der Waals surface area contributed by atoms with Crippen molar-refractivity contribution in [3.05, 3.63) is 278 Å². The molecule has 0 saturated carbocycles. The van der Waals surface area contributed by atoms with Crippen molar-refractivity contribution >= 4 is 55.8 Å². The summed E-state index contributed by atoms with van der Waals surface area (Å²) in [5, 5.41) is 2.67. The number of aryl methyl sites for hydroxylation is 4. The molecule has 5 aliphatic rings. The number of anilines is 5. The maximum Gasteiger partial charge on any atom is 0.0582 e. The second-order valence-corrected chi connectivity index (χ2v) is 27.7. The fourth-order valence-electron chi connectivity index (χ4n) is 16.3. The average molecular weight is 1100 g/mol. The van der Waals surface area contributed by atoms with E-state index in [0.717, 1.165) is 12.8 Å². The van der Waals surface area contributed by atoms with E-state index in [4.69, 9.17) is 0 Å². The van der Waals surface area contributed by atoms with Crippen molar-refractivity contribution in [3.63, 3.8) is 0 Å². The highest BCUT2D eigenvalue weighted by atomic mass is 15.2. The summed E-state index contributed by atoms with van der Waals surface area (Å²) in [5.41, 5.74) is 37.3. The largest absolute Gasteiger partial charge is 0.314 e. The van der Waals surface area contributed by atoms with Crippen LogP contribution in [0.25, 0.3) is 66.4 Å². The second-order valence-electron chi connectivity index (χ2n) is 27.7. The molecule has 0 atom stereocenters. The number of para-hydroxylation sites is 1. The van der Waals surface area contributed by atoms with Crippen LogP contribution >= 0.6 is 0 Å². The van der Waals surface area contributed by atoms with Crippen LogP contribution in [-0.2, 0) is 21.7 Å². The van der Waals surface area contributed by atoms with Gasteiger partial charge in [0.05, 0.1) is 16.7 Å². The van der Waals surface area contributed by atoms with Gasteiger partial charge >= 0.3 is 0 Å². The molecule has 0 bridgehead atoms. The average Bonchev–Trinajstić information content (AvgIpc) is 1.59. The van der Waals surface area contributed by atoms with Crippen LogP contribution in [-0.4, -0.2) is 4.57 Å². The Morgan fingerprint density at radius 3 is 1.22 bits per heavy atom. The standard InChI is InChI=1S/C82H73N3/c1-48-18-13-22-56(36-48)83(57-23-14-19-49(2)37-57)60-30-34-64-62-32-28-52(42-70(62)81(9,10)72(64)46-60)54-40-66-67-41-55(45-75-77(67)85-76(66)74(44-54)79(5,6)68-26-17-27-69(78(68)85)80(75,7)8)53-29-33-63-65-35-31-61(47-73(65)82(11,12)71(63)43-53)84(58-24-15-20-50(3)38-58)59-25-16-21-51(4)39-59/h13-30,32-34,36-47H,31,35H2,1-12H3. The molecule has 0 fully saturated rings. The summed E-state index contributed by atoms with van der Waals surface area (Å²) < 4.78 is 2.69. The van der Waals surface area contributed by atoms with Gasteiger partial charge in [0.25, 0.3) is 0 Å². The van der Waals surface area contributed by atoms with Gasteiger partial charge in [-0.2, -0.15) is 0 Å². The lowest BCUT2D eigenvalue weighted by Crippen LogP contribution is -2.33. The maximum atomic E-state index is 2.69. The highest BCUT2D eigenvalue weighted by Crippen LogP contribution is 2.59. The van der Waals surface area contributed by atoms with E-state index in [2.05, 4.69) is 298 Å². The molecule has 3 nitrogen and oxygen atoms in total. The first kappa shape index (κ1) is 51.7. The highest BCUT2D eigenvalue weighted by molar-refractivity contribution is 6.16. The molecule has 3 heterocycles. The number of rotatable bonds is 8. The van der Waals surface area contributed by atoms with Crippen molar-refractivity contribution in [3.8, 4) is 39.1 Å². The van der Waals surface area contributed by atoms with E-state index in [9.17, 15) is 0 Å². The minimum absolute atomic E-state index is 0.189. The molecule has 3 heteroatoms. The van der Waals surface area contributed by atoms with E-state index in [-0.39, 0.29) is 21.7 Å². The Morgan fingerprint density at radius 2 is 0.729 bits per heavy atom. The Balaban J connectivity index is 0.827. The van der Waals surface area contributed by atoms with Gasteiger partial charge in [-0.1, -0.05) is 152 Å². The molecule has 16 rings (SSSR count). The van der Waals surface area contributed by atoms with Crippen LogP contribution in [0.4, 0.5) is 28.4 Å². The minimum atomic E-state index is -0.243. The third-order valence-corrected chi connectivity index (χ3v) is 20.8. The maximum absolute atomic E-state index is 2.69. The van der Waals surface area contributed by atoms with E-state index < -0.39 is 0 Å². The topological polar surface area (TPSA) is 11.4 Å². The molecular formula is C82H73N3. The van der Waals surface area contributed by atoms with Crippen LogP contribution in [0, 0.1) is 27.7 Å². The summed E-state index contributed by atoms with van der Waals surface area (Å²) in [6.07, 6.45) is 4.53. The number of aromatic nitrogens is 1. The molecule has 0 radical (unpaired) electrons. The summed E-state index contributed by atoms with van der Waals surface area (Å²) >= 11 is 0. The molecule has 85 heavy (non-hydrogen) atoms. The zero-order valence-corrected chi connectivity index (χ0v) is 51.3. The van der Waals surface area contributed by atoms with Crippen molar-refractivity contribution in [1.82, 2.24) is 4.57 Å². The Hall–Kier alpha value is -8.92. The van der Waals surface area contributed by atoms with Crippen LogP contribution in [0.1, 0.15) is 135 Å². The quantitative estimate of drug-likeness (QED) is 0.150. The highest BCUT2D eigenvalue weighted by Gasteiger charge is 2.45. The van der Waals surface area contributed by atoms with E-state index in [1.807, 2.05) is 0 Å². The minimum Gasteiger partial charge on any atom is -0.314 e. The third-order valence-electron chi connectivity index (χ3n) is 20.8. The number of allylic oxidation sites excluding steroid dienone is 4. The van der Waals surface area contributed by atoms with Crippen molar-refractivity contribution in [2.75, 3.05) is 9.80 Å². The van der Waals surface area contributed by atoms with Gasteiger partial charge in [0.1, 0.15) is 0 Å². The molecule has 1 aromatic heterocycles. The Morgan fingerprint density at radius 1 is 0.329 bits per heavy atom. The molecule has 11 aromatic rings. The number of hydrogen-bond acceptors (Lipinski definition) is 2. The van der Waals surface area contributed by atoms with Crippen LogP contribution < -0.4 is 9.80 Å².